The summed E-state index contributed by atoms with van der Waals surface area (Å²) in [6.07, 6.45) is 4.53. The van der Waals surface area contributed by atoms with Crippen LogP contribution in [0.5, 0.6) is 0 Å². The minimum Gasteiger partial charge on any atom is -0.292 e. The van der Waals surface area contributed by atoms with Gasteiger partial charge < -0.3 is 0 Å². The molecule has 0 amide bonds. The number of nitrogens with zero attached hydrogens (tertiary/aromatic N) is 4. The SMILES string of the molecule is O=c1c2sccc2ncn1Cc1cnc(Cl)cn1. The fraction of sp³-hybridized carbons (Fsp3) is 0.0909. The highest BCUT2D eigenvalue weighted by Crippen LogP contribution is 2.13. The zero-order chi connectivity index (χ0) is 12.5. The van der Waals surface area contributed by atoms with Gasteiger partial charge >= 0.3 is 0 Å². The second kappa shape index (κ2) is 4.47. The Bertz CT molecular complexity index is 750. The minimum absolute atomic E-state index is 0.0632. The molecule has 3 heterocycles. The zero-order valence-corrected chi connectivity index (χ0v) is 10.6. The van der Waals surface area contributed by atoms with Crippen molar-refractivity contribution in [3.05, 3.63) is 51.4 Å². The maximum Gasteiger partial charge on any atom is 0.271 e. The molecule has 0 spiro atoms. The molecular formula is C11H7ClN4OS. The van der Waals surface area contributed by atoms with Crippen LogP contribution < -0.4 is 5.56 Å². The maximum atomic E-state index is 12.1. The summed E-state index contributed by atoms with van der Waals surface area (Å²) in [5.74, 6) is 0. The highest BCUT2D eigenvalue weighted by atomic mass is 35.5. The molecule has 0 bridgehead atoms. The Morgan fingerprint density at radius 2 is 2.17 bits per heavy atom. The van der Waals surface area contributed by atoms with Crippen molar-refractivity contribution in [2.45, 2.75) is 6.54 Å². The van der Waals surface area contributed by atoms with Crippen molar-refractivity contribution in [1.29, 1.82) is 0 Å². The van der Waals surface area contributed by atoms with E-state index >= 15 is 0 Å². The topological polar surface area (TPSA) is 60.7 Å². The second-order valence-corrected chi connectivity index (χ2v) is 4.95. The largest absolute Gasteiger partial charge is 0.292 e. The molecule has 3 aromatic rings. The van der Waals surface area contributed by atoms with E-state index in [4.69, 9.17) is 11.6 Å². The van der Waals surface area contributed by atoms with Gasteiger partial charge in [0.25, 0.3) is 5.56 Å². The summed E-state index contributed by atoms with van der Waals surface area (Å²) in [5, 5.41) is 2.18. The van der Waals surface area contributed by atoms with Gasteiger partial charge in [-0.2, -0.15) is 0 Å². The molecule has 0 saturated carbocycles. The van der Waals surface area contributed by atoms with Crippen molar-refractivity contribution in [3.8, 4) is 0 Å². The van der Waals surface area contributed by atoms with E-state index in [2.05, 4.69) is 15.0 Å². The number of hydrogen-bond donors (Lipinski definition) is 0. The highest BCUT2D eigenvalue weighted by molar-refractivity contribution is 7.17. The van der Waals surface area contributed by atoms with Gasteiger partial charge in [-0.25, -0.2) is 9.97 Å². The van der Waals surface area contributed by atoms with Crippen molar-refractivity contribution in [2.75, 3.05) is 0 Å². The van der Waals surface area contributed by atoms with Crippen molar-refractivity contribution in [3.63, 3.8) is 0 Å². The molecule has 0 radical (unpaired) electrons. The zero-order valence-electron chi connectivity index (χ0n) is 9.08. The monoisotopic (exact) mass is 278 g/mol. The van der Waals surface area contributed by atoms with Crippen molar-refractivity contribution in [2.24, 2.45) is 0 Å². The van der Waals surface area contributed by atoms with E-state index in [9.17, 15) is 4.79 Å². The van der Waals surface area contributed by atoms with E-state index in [1.54, 1.807) is 6.20 Å². The number of halogens is 1. The molecule has 90 valence electrons. The lowest BCUT2D eigenvalue weighted by molar-refractivity contribution is 0.727. The first kappa shape index (κ1) is 11.3. The summed E-state index contributed by atoms with van der Waals surface area (Å²) in [7, 11) is 0. The third-order valence-corrected chi connectivity index (χ3v) is 3.53. The molecule has 0 unspecified atom stereocenters. The molecule has 18 heavy (non-hydrogen) atoms. The molecule has 0 saturated heterocycles. The van der Waals surface area contributed by atoms with Crippen LogP contribution in [0.1, 0.15) is 5.69 Å². The van der Waals surface area contributed by atoms with Crippen LogP contribution in [0.25, 0.3) is 10.2 Å². The number of hydrogen-bond acceptors (Lipinski definition) is 5. The quantitative estimate of drug-likeness (QED) is 0.719. The van der Waals surface area contributed by atoms with E-state index in [0.717, 1.165) is 5.52 Å². The van der Waals surface area contributed by atoms with Gasteiger partial charge in [0.2, 0.25) is 0 Å². The van der Waals surface area contributed by atoms with Crippen LogP contribution in [0.3, 0.4) is 0 Å². The van der Waals surface area contributed by atoms with Gasteiger partial charge in [-0.15, -0.1) is 11.3 Å². The van der Waals surface area contributed by atoms with Crippen LogP contribution in [0.15, 0.2) is 35.0 Å². The first-order valence-electron chi connectivity index (χ1n) is 5.13. The Hall–Kier alpha value is -1.79. The average molecular weight is 279 g/mol. The first-order chi connectivity index (χ1) is 8.74. The molecule has 5 nitrogen and oxygen atoms in total. The lowest BCUT2D eigenvalue weighted by Gasteiger charge is -2.03. The second-order valence-electron chi connectivity index (χ2n) is 3.64. The molecule has 0 atom stereocenters. The van der Waals surface area contributed by atoms with Crippen LogP contribution >= 0.6 is 22.9 Å². The summed E-state index contributed by atoms with van der Waals surface area (Å²) >= 11 is 7.04. The standard InChI is InChI=1S/C11H7ClN4OS/c12-9-4-13-7(3-14-9)5-16-6-15-8-1-2-18-10(8)11(16)17/h1-4,6H,5H2. The summed E-state index contributed by atoms with van der Waals surface area (Å²) in [4.78, 5) is 24.4. The van der Waals surface area contributed by atoms with Gasteiger partial charge in [-0.1, -0.05) is 11.6 Å². The number of thiophene rings is 1. The number of rotatable bonds is 2. The normalized spacial score (nSPS) is 10.9. The number of aromatic nitrogens is 4. The van der Waals surface area contributed by atoms with Gasteiger partial charge in [0.1, 0.15) is 9.85 Å². The van der Waals surface area contributed by atoms with Gasteiger partial charge in [-0.05, 0) is 11.4 Å². The van der Waals surface area contributed by atoms with Gasteiger partial charge in [0.15, 0.2) is 0 Å². The molecule has 0 aliphatic carbocycles. The average Bonchev–Trinajstić information content (AvgIpc) is 2.84. The molecule has 0 fully saturated rings. The van der Waals surface area contributed by atoms with Crippen molar-refractivity contribution >= 4 is 33.2 Å². The van der Waals surface area contributed by atoms with Crippen LogP contribution in [0.4, 0.5) is 0 Å². The summed E-state index contributed by atoms with van der Waals surface area (Å²) in [5.41, 5.74) is 1.33. The fourth-order valence-electron chi connectivity index (χ4n) is 1.59. The van der Waals surface area contributed by atoms with E-state index < -0.39 is 0 Å². The Morgan fingerprint density at radius 1 is 1.28 bits per heavy atom. The van der Waals surface area contributed by atoms with Crippen molar-refractivity contribution in [1.82, 2.24) is 19.5 Å². The maximum absolute atomic E-state index is 12.1. The summed E-state index contributed by atoms with van der Waals surface area (Å²) < 4.78 is 2.16. The smallest absolute Gasteiger partial charge is 0.271 e. The third kappa shape index (κ3) is 2.00. The molecular weight excluding hydrogens is 272 g/mol. The Morgan fingerprint density at radius 3 is 2.94 bits per heavy atom. The third-order valence-electron chi connectivity index (χ3n) is 2.44. The Kier molecular flexibility index (Phi) is 2.81. The van der Waals surface area contributed by atoms with E-state index in [0.29, 0.717) is 22.1 Å². The molecule has 3 aromatic heterocycles. The minimum atomic E-state index is -0.0632. The Labute approximate surface area is 111 Å². The molecule has 0 aromatic carbocycles. The molecule has 7 heteroatoms. The molecule has 0 aliphatic rings. The highest BCUT2D eigenvalue weighted by Gasteiger charge is 2.06. The van der Waals surface area contributed by atoms with E-state index in [-0.39, 0.29) is 5.56 Å². The van der Waals surface area contributed by atoms with E-state index in [1.165, 1.54) is 28.4 Å². The summed E-state index contributed by atoms with van der Waals surface area (Å²) in [6.45, 7) is 0.337. The molecule has 0 N–H and O–H groups in total. The fourth-order valence-corrected chi connectivity index (χ4v) is 2.48. The van der Waals surface area contributed by atoms with Gasteiger partial charge in [0, 0.05) is 0 Å². The molecule has 3 rings (SSSR count). The van der Waals surface area contributed by atoms with Crippen LogP contribution in [-0.2, 0) is 6.54 Å². The molecule has 0 aliphatic heterocycles. The summed E-state index contributed by atoms with van der Waals surface area (Å²) in [6, 6.07) is 1.83. The van der Waals surface area contributed by atoms with Gasteiger partial charge in [-0.3, -0.25) is 14.3 Å². The van der Waals surface area contributed by atoms with Crippen LogP contribution in [-0.4, -0.2) is 19.5 Å². The first-order valence-corrected chi connectivity index (χ1v) is 6.39. The Balaban J connectivity index is 2.02. The van der Waals surface area contributed by atoms with E-state index in [1.807, 2.05) is 11.4 Å². The predicted octanol–water partition coefficient (Wildman–Crippen LogP) is 1.95. The number of fused-ring (bicyclic) bond motifs is 1. The van der Waals surface area contributed by atoms with Gasteiger partial charge in [0.05, 0.1) is 36.5 Å². The van der Waals surface area contributed by atoms with Crippen LogP contribution in [0.2, 0.25) is 5.15 Å². The predicted molar refractivity (Wildman–Crippen MR) is 70.0 cm³/mol. The van der Waals surface area contributed by atoms with Crippen molar-refractivity contribution < 1.29 is 0 Å². The lowest BCUT2D eigenvalue weighted by Crippen LogP contribution is -2.20. The lowest BCUT2D eigenvalue weighted by atomic mass is 10.4. The van der Waals surface area contributed by atoms with Crippen LogP contribution in [0, 0.1) is 0 Å².